The van der Waals surface area contributed by atoms with Gasteiger partial charge in [-0.15, -0.1) is 0 Å². The van der Waals surface area contributed by atoms with Gasteiger partial charge in [0.05, 0.1) is 13.2 Å². The van der Waals surface area contributed by atoms with Crippen molar-refractivity contribution in [2.24, 2.45) is 11.8 Å². The molecule has 0 amide bonds. The van der Waals surface area contributed by atoms with E-state index in [-0.39, 0.29) is 6.07 Å². The van der Waals surface area contributed by atoms with Crippen LogP contribution in [-0.4, -0.2) is 19.3 Å². The zero-order valence-corrected chi connectivity index (χ0v) is 17.0. The van der Waals surface area contributed by atoms with Gasteiger partial charge in [0.1, 0.15) is 6.07 Å². The molecule has 0 aromatic carbocycles. The first-order valence-corrected chi connectivity index (χ1v) is 11.1. The van der Waals surface area contributed by atoms with Gasteiger partial charge in [-0.25, -0.2) is 4.57 Å². The fraction of sp³-hybridized carbons (Fsp3) is 1.00. The van der Waals surface area contributed by atoms with Gasteiger partial charge >= 0.3 is 7.82 Å². The van der Waals surface area contributed by atoms with Gasteiger partial charge in [-0.3, -0.25) is 13.6 Å². The molecule has 6 heteroatoms. The minimum atomic E-state index is -3.55. The highest BCUT2D eigenvalue weighted by atomic mass is 35.5. The lowest BCUT2D eigenvalue weighted by atomic mass is 10.0. The second kappa shape index (κ2) is 14.7. The predicted molar refractivity (Wildman–Crippen MR) is 97.9 cm³/mol. The van der Waals surface area contributed by atoms with Gasteiger partial charge in [0.25, 0.3) is 0 Å². The summed E-state index contributed by atoms with van der Waals surface area (Å²) in [5.74, 6) is 0.765. The first-order chi connectivity index (χ1) is 11.0. The molecule has 2 atom stereocenters. The average molecular weight is 371 g/mol. The predicted octanol–water partition coefficient (Wildman–Crippen LogP) is 6.77. The molecule has 0 saturated carbocycles. The SMILES string of the molecule is CCCCC(CC)COP(=O)(OCCl)OCC(CC)CCCC. The van der Waals surface area contributed by atoms with E-state index in [1.807, 2.05) is 0 Å². The molecule has 23 heavy (non-hydrogen) atoms. The van der Waals surface area contributed by atoms with Gasteiger partial charge in [0.15, 0.2) is 0 Å². The van der Waals surface area contributed by atoms with E-state index in [4.69, 9.17) is 25.2 Å². The smallest absolute Gasteiger partial charge is 0.287 e. The minimum absolute atomic E-state index is 0.186. The van der Waals surface area contributed by atoms with E-state index in [1.54, 1.807) is 0 Å². The van der Waals surface area contributed by atoms with Crippen LogP contribution in [0.15, 0.2) is 0 Å². The molecule has 0 aromatic rings. The molecular formula is C17H36ClO4P. The van der Waals surface area contributed by atoms with E-state index < -0.39 is 7.82 Å². The Labute approximate surface area is 148 Å². The van der Waals surface area contributed by atoms with Crippen LogP contribution in [0, 0.1) is 11.8 Å². The molecule has 0 saturated heterocycles. The van der Waals surface area contributed by atoms with Crippen molar-refractivity contribution in [3.8, 4) is 0 Å². The molecule has 140 valence electrons. The average Bonchev–Trinajstić information content (AvgIpc) is 2.55. The molecule has 2 unspecified atom stereocenters. The monoisotopic (exact) mass is 370 g/mol. The molecule has 0 aromatic heterocycles. The van der Waals surface area contributed by atoms with Crippen LogP contribution in [0.2, 0.25) is 0 Å². The van der Waals surface area contributed by atoms with Crippen molar-refractivity contribution in [2.75, 3.05) is 19.3 Å². The van der Waals surface area contributed by atoms with Crippen LogP contribution in [0.25, 0.3) is 0 Å². The summed E-state index contributed by atoms with van der Waals surface area (Å²) in [6.07, 6.45) is 8.74. The van der Waals surface area contributed by atoms with Crippen molar-refractivity contribution in [1.29, 1.82) is 0 Å². The standard InChI is InChI=1S/C17H36ClO4P/c1-5-9-11-16(7-3)13-20-23(19,22-15-18)21-14-17(8-4)12-10-6-2/h16-17H,5-15H2,1-4H3. The zero-order chi connectivity index (χ0) is 17.6. The summed E-state index contributed by atoms with van der Waals surface area (Å²) >= 11 is 5.60. The first-order valence-electron chi connectivity index (χ1n) is 9.14. The number of rotatable bonds is 16. The third kappa shape index (κ3) is 11.6. The van der Waals surface area contributed by atoms with Gasteiger partial charge in [-0.05, 0) is 24.7 Å². The topological polar surface area (TPSA) is 44.8 Å². The highest BCUT2D eigenvalue weighted by molar-refractivity contribution is 7.48. The highest BCUT2D eigenvalue weighted by Gasteiger charge is 2.28. The van der Waals surface area contributed by atoms with Gasteiger partial charge in [0, 0.05) is 0 Å². The highest BCUT2D eigenvalue weighted by Crippen LogP contribution is 2.50. The number of unbranched alkanes of at least 4 members (excludes halogenated alkanes) is 2. The Balaban J connectivity index is 4.44. The Morgan fingerprint density at radius 1 is 0.826 bits per heavy atom. The van der Waals surface area contributed by atoms with Crippen molar-refractivity contribution in [2.45, 2.75) is 79.1 Å². The Bertz CT molecular complexity index is 291. The molecule has 0 N–H and O–H groups in total. The molecular weight excluding hydrogens is 335 g/mol. The zero-order valence-electron chi connectivity index (χ0n) is 15.4. The fourth-order valence-corrected chi connectivity index (χ4v) is 3.85. The number of hydrogen-bond acceptors (Lipinski definition) is 4. The number of phosphoric ester groups is 1. The lowest BCUT2D eigenvalue weighted by Gasteiger charge is -2.22. The van der Waals surface area contributed by atoms with Gasteiger partial charge in [0.2, 0.25) is 0 Å². The van der Waals surface area contributed by atoms with Crippen molar-refractivity contribution >= 4 is 19.4 Å². The van der Waals surface area contributed by atoms with E-state index in [9.17, 15) is 4.57 Å². The van der Waals surface area contributed by atoms with Gasteiger partial charge in [-0.2, -0.15) is 0 Å². The van der Waals surface area contributed by atoms with Gasteiger partial charge in [-0.1, -0.05) is 77.8 Å². The molecule has 4 nitrogen and oxygen atoms in total. The van der Waals surface area contributed by atoms with Crippen molar-refractivity contribution in [3.05, 3.63) is 0 Å². The first kappa shape index (κ1) is 23.4. The van der Waals surface area contributed by atoms with Crippen LogP contribution in [0.5, 0.6) is 0 Å². The second-order valence-electron chi connectivity index (χ2n) is 6.11. The van der Waals surface area contributed by atoms with E-state index in [0.717, 1.165) is 51.4 Å². The summed E-state index contributed by atoms with van der Waals surface area (Å²) in [6.45, 7) is 9.37. The molecule has 0 radical (unpaired) electrons. The normalized spacial score (nSPS) is 16.9. The largest absolute Gasteiger partial charge is 0.475 e. The molecule has 0 fully saturated rings. The van der Waals surface area contributed by atoms with Crippen LogP contribution in [0.4, 0.5) is 0 Å². The van der Waals surface area contributed by atoms with Crippen molar-refractivity contribution < 1.29 is 18.1 Å². The van der Waals surface area contributed by atoms with Crippen LogP contribution in [0.3, 0.4) is 0 Å². The Hall–Kier alpha value is 0.400. The Morgan fingerprint density at radius 3 is 1.57 bits per heavy atom. The second-order valence-corrected chi connectivity index (χ2v) is 8.00. The summed E-state index contributed by atoms with van der Waals surface area (Å²) < 4.78 is 28.8. The molecule has 0 spiro atoms. The number of alkyl halides is 1. The van der Waals surface area contributed by atoms with Gasteiger partial charge < -0.3 is 0 Å². The maximum absolute atomic E-state index is 12.7. The number of halogens is 1. The lowest BCUT2D eigenvalue weighted by Crippen LogP contribution is -2.13. The van der Waals surface area contributed by atoms with Crippen LogP contribution >= 0.6 is 19.4 Å². The summed E-state index contributed by atoms with van der Waals surface area (Å²) in [7, 11) is -3.55. The van der Waals surface area contributed by atoms with Crippen LogP contribution < -0.4 is 0 Å². The van der Waals surface area contributed by atoms with E-state index in [0.29, 0.717) is 25.0 Å². The summed E-state index contributed by atoms with van der Waals surface area (Å²) in [6, 6.07) is -0.186. The van der Waals surface area contributed by atoms with E-state index >= 15 is 0 Å². The molecule has 0 aliphatic carbocycles. The third-order valence-corrected chi connectivity index (χ3v) is 5.87. The quantitative estimate of drug-likeness (QED) is 0.222. The van der Waals surface area contributed by atoms with E-state index in [1.165, 1.54) is 0 Å². The summed E-state index contributed by atoms with van der Waals surface area (Å²) in [5, 5.41) is 0. The lowest BCUT2D eigenvalue weighted by molar-refractivity contribution is 0.0937. The van der Waals surface area contributed by atoms with Crippen molar-refractivity contribution in [1.82, 2.24) is 0 Å². The van der Waals surface area contributed by atoms with Crippen LogP contribution in [-0.2, 0) is 18.1 Å². The molecule has 0 aliphatic rings. The Morgan fingerprint density at radius 2 is 1.26 bits per heavy atom. The maximum Gasteiger partial charge on any atom is 0.475 e. The number of phosphoric acid groups is 1. The Kier molecular flexibility index (Phi) is 15.0. The third-order valence-electron chi connectivity index (χ3n) is 4.23. The van der Waals surface area contributed by atoms with Crippen LogP contribution in [0.1, 0.15) is 79.1 Å². The summed E-state index contributed by atoms with van der Waals surface area (Å²) in [4.78, 5) is 0. The van der Waals surface area contributed by atoms with Crippen molar-refractivity contribution in [3.63, 3.8) is 0 Å². The molecule has 0 rings (SSSR count). The summed E-state index contributed by atoms with van der Waals surface area (Å²) in [5.41, 5.74) is 0. The van der Waals surface area contributed by atoms with E-state index in [2.05, 4.69) is 27.7 Å². The molecule has 0 heterocycles. The maximum atomic E-state index is 12.7. The molecule has 0 bridgehead atoms. The molecule has 0 aliphatic heterocycles. The number of hydrogen-bond donors (Lipinski definition) is 0. The fourth-order valence-electron chi connectivity index (χ4n) is 2.36. The minimum Gasteiger partial charge on any atom is -0.287 e.